The number of aryl methyl sites for hydroxylation is 1. The summed E-state index contributed by atoms with van der Waals surface area (Å²) in [6, 6.07) is 10.8. The van der Waals surface area contributed by atoms with Crippen molar-refractivity contribution in [3.63, 3.8) is 0 Å². The normalized spacial score (nSPS) is 11.2. The monoisotopic (exact) mass is 469 g/mol. The Labute approximate surface area is 168 Å². The summed E-state index contributed by atoms with van der Waals surface area (Å²) in [7, 11) is -3.90. The lowest BCUT2D eigenvalue weighted by Crippen LogP contribution is -2.15. The molecule has 27 heavy (non-hydrogen) atoms. The quantitative estimate of drug-likeness (QED) is 0.573. The standard InChI is InChI=1S/C17H13BrClN3O4S/c1-10-14(9-20-26-10)17(23)21-12-3-2-4-13(8-12)22-27(24,25)16-6-5-11(18)7-15(16)19/h2-9,22H,1H3,(H,21,23). The highest BCUT2D eigenvalue weighted by molar-refractivity contribution is 9.10. The first-order chi connectivity index (χ1) is 12.8. The number of hydrogen-bond acceptors (Lipinski definition) is 5. The molecule has 1 aromatic heterocycles. The van der Waals surface area contributed by atoms with Gasteiger partial charge in [0, 0.05) is 10.2 Å². The number of carbonyl (C=O) groups is 1. The highest BCUT2D eigenvalue weighted by Gasteiger charge is 2.19. The maximum absolute atomic E-state index is 12.6. The molecule has 0 spiro atoms. The molecule has 0 radical (unpaired) electrons. The van der Waals surface area contributed by atoms with E-state index in [0.29, 0.717) is 21.5 Å². The summed E-state index contributed by atoms with van der Waals surface area (Å²) < 4.78 is 33.1. The predicted molar refractivity (Wildman–Crippen MR) is 106 cm³/mol. The number of nitrogens with one attached hydrogen (secondary N) is 2. The number of benzene rings is 2. The van der Waals surface area contributed by atoms with Crippen LogP contribution in [0, 0.1) is 6.92 Å². The molecule has 0 fully saturated rings. The maximum atomic E-state index is 12.6. The zero-order valence-corrected chi connectivity index (χ0v) is 17.0. The van der Waals surface area contributed by atoms with Gasteiger partial charge in [0.05, 0.1) is 16.9 Å². The van der Waals surface area contributed by atoms with Crippen molar-refractivity contribution in [1.29, 1.82) is 0 Å². The third-order valence-electron chi connectivity index (χ3n) is 3.55. The molecule has 7 nitrogen and oxygen atoms in total. The van der Waals surface area contributed by atoms with E-state index in [-0.39, 0.29) is 15.6 Å². The van der Waals surface area contributed by atoms with Gasteiger partial charge in [-0.05, 0) is 43.3 Å². The molecule has 2 aromatic carbocycles. The van der Waals surface area contributed by atoms with Crippen molar-refractivity contribution < 1.29 is 17.7 Å². The van der Waals surface area contributed by atoms with Gasteiger partial charge in [0.2, 0.25) is 0 Å². The van der Waals surface area contributed by atoms with Crippen molar-refractivity contribution in [1.82, 2.24) is 5.16 Å². The van der Waals surface area contributed by atoms with E-state index in [0.717, 1.165) is 0 Å². The summed E-state index contributed by atoms with van der Waals surface area (Å²) >= 11 is 9.26. The first kappa shape index (κ1) is 19.4. The van der Waals surface area contributed by atoms with E-state index in [4.69, 9.17) is 16.1 Å². The summed E-state index contributed by atoms with van der Waals surface area (Å²) in [5, 5.41) is 6.31. The SMILES string of the molecule is Cc1oncc1C(=O)Nc1cccc(NS(=O)(=O)c2ccc(Br)cc2Cl)c1. The number of anilines is 2. The van der Waals surface area contributed by atoms with E-state index >= 15 is 0 Å². The van der Waals surface area contributed by atoms with E-state index in [2.05, 4.69) is 31.1 Å². The molecule has 140 valence electrons. The Morgan fingerprint density at radius 3 is 2.59 bits per heavy atom. The van der Waals surface area contributed by atoms with E-state index < -0.39 is 15.9 Å². The molecule has 0 unspecified atom stereocenters. The van der Waals surface area contributed by atoms with E-state index in [1.807, 2.05) is 0 Å². The number of nitrogens with zero attached hydrogens (tertiary/aromatic N) is 1. The Bertz CT molecular complexity index is 1110. The van der Waals surface area contributed by atoms with Crippen molar-refractivity contribution in [2.24, 2.45) is 0 Å². The summed E-state index contributed by atoms with van der Waals surface area (Å²) in [6.07, 6.45) is 1.31. The van der Waals surface area contributed by atoms with Gasteiger partial charge in [-0.15, -0.1) is 0 Å². The summed E-state index contributed by atoms with van der Waals surface area (Å²) in [5.41, 5.74) is 0.971. The minimum Gasteiger partial charge on any atom is -0.361 e. The van der Waals surface area contributed by atoms with Gasteiger partial charge >= 0.3 is 0 Å². The van der Waals surface area contributed by atoms with Crippen LogP contribution in [0.4, 0.5) is 11.4 Å². The van der Waals surface area contributed by atoms with Crippen LogP contribution in [-0.4, -0.2) is 19.5 Å². The molecular formula is C17H13BrClN3O4S. The lowest BCUT2D eigenvalue weighted by atomic mass is 10.2. The predicted octanol–water partition coefficient (Wildman–Crippen LogP) is 4.45. The second-order valence-corrected chi connectivity index (χ2v) is 8.48. The van der Waals surface area contributed by atoms with Gasteiger partial charge in [-0.3, -0.25) is 9.52 Å². The first-order valence-corrected chi connectivity index (χ1v) is 10.2. The van der Waals surface area contributed by atoms with Crippen LogP contribution in [0.3, 0.4) is 0 Å². The fourth-order valence-electron chi connectivity index (χ4n) is 2.28. The molecule has 1 amide bonds. The minimum atomic E-state index is -3.90. The Kier molecular flexibility index (Phi) is 5.54. The molecule has 0 atom stereocenters. The smallest absolute Gasteiger partial charge is 0.263 e. The third-order valence-corrected chi connectivity index (χ3v) is 5.91. The summed E-state index contributed by atoms with van der Waals surface area (Å²) in [5.74, 6) is -0.0288. The Balaban J connectivity index is 1.81. The van der Waals surface area contributed by atoms with Crippen LogP contribution in [0.15, 0.2) is 62.6 Å². The van der Waals surface area contributed by atoms with Crippen molar-refractivity contribution in [2.45, 2.75) is 11.8 Å². The average Bonchev–Trinajstić information content (AvgIpc) is 3.00. The number of aromatic nitrogens is 1. The number of rotatable bonds is 5. The second-order valence-electron chi connectivity index (χ2n) is 5.51. The molecule has 1 heterocycles. The first-order valence-electron chi connectivity index (χ1n) is 7.57. The van der Waals surface area contributed by atoms with Gasteiger partial charge in [0.1, 0.15) is 16.2 Å². The zero-order chi connectivity index (χ0) is 19.6. The highest BCUT2D eigenvalue weighted by Crippen LogP contribution is 2.27. The molecule has 0 aliphatic carbocycles. The van der Waals surface area contributed by atoms with Crippen LogP contribution in [0.25, 0.3) is 0 Å². The Morgan fingerprint density at radius 1 is 1.19 bits per heavy atom. The van der Waals surface area contributed by atoms with Gasteiger partial charge < -0.3 is 9.84 Å². The van der Waals surface area contributed by atoms with Crippen LogP contribution in [0.5, 0.6) is 0 Å². The topological polar surface area (TPSA) is 101 Å². The third kappa shape index (κ3) is 4.49. The van der Waals surface area contributed by atoms with Gasteiger partial charge in [-0.25, -0.2) is 8.42 Å². The largest absolute Gasteiger partial charge is 0.361 e. The van der Waals surface area contributed by atoms with E-state index in [9.17, 15) is 13.2 Å². The number of halogens is 2. The van der Waals surface area contributed by atoms with Crippen molar-refractivity contribution in [3.05, 3.63) is 69.5 Å². The molecule has 0 bridgehead atoms. The molecule has 0 aliphatic rings. The minimum absolute atomic E-state index is 0.0538. The van der Waals surface area contributed by atoms with Crippen molar-refractivity contribution in [2.75, 3.05) is 10.0 Å². The average molecular weight is 471 g/mol. The molecule has 10 heteroatoms. The highest BCUT2D eigenvalue weighted by atomic mass is 79.9. The second kappa shape index (κ2) is 7.71. The lowest BCUT2D eigenvalue weighted by molar-refractivity contribution is 0.102. The number of sulfonamides is 1. The van der Waals surface area contributed by atoms with E-state index in [1.165, 1.54) is 24.4 Å². The number of amides is 1. The maximum Gasteiger partial charge on any atom is 0.263 e. The van der Waals surface area contributed by atoms with Crippen LogP contribution >= 0.6 is 27.5 Å². The molecule has 0 saturated heterocycles. The van der Waals surface area contributed by atoms with Gasteiger partial charge in [0.15, 0.2) is 0 Å². The van der Waals surface area contributed by atoms with Crippen LogP contribution in [-0.2, 0) is 10.0 Å². The summed E-state index contributed by atoms with van der Waals surface area (Å²) in [4.78, 5) is 12.2. The summed E-state index contributed by atoms with van der Waals surface area (Å²) in [6.45, 7) is 1.62. The molecule has 0 aliphatic heterocycles. The Morgan fingerprint density at radius 2 is 1.93 bits per heavy atom. The van der Waals surface area contributed by atoms with Gasteiger partial charge in [-0.1, -0.05) is 38.8 Å². The molecule has 3 rings (SSSR count). The van der Waals surface area contributed by atoms with Crippen molar-refractivity contribution in [3.8, 4) is 0 Å². The molecular weight excluding hydrogens is 458 g/mol. The van der Waals surface area contributed by atoms with Crippen LogP contribution in [0.1, 0.15) is 16.1 Å². The van der Waals surface area contributed by atoms with E-state index in [1.54, 1.807) is 31.2 Å². The zero-order valence-electron chi connectivity index (χ0n) is 13.9. The number of carbonyl (C=O) groups excluding carboxylic acids is 1. The Hall–Kier alpha value is -2.36. The van der Waals surface area contributed by atoms with Gasteiger partial charge in [-0.2, -0.15) is 0 Å². The fraction of sp³-hybridized carbons (Fsp3) is 0.0588. The van der Waals surface area contributed by atoms with Crippen molar-refractivity contribution >= 4 is 54.8 Å². The fourth-order valence-corrected chi connectivity index (χ4v) is 4.37. The molecule has 3 aromatic rings. The lowest BCUT2D eigenvalue weighted by Gasteiger charge is -2.11. The van der Waals surface area contributed by atoms with Crippen LogP contribution < -0.4 is 10.0 Å². The van der Waals surface area contributed by atoms with Crippen LogP contribution in [0.2, 0.25) is 5.02 Å². The molecule has 2 N–H and O–H groups in total. The number of hydrogen-bond donors (Lipinski definition) is 2. The van der Waals surface area contributed by atoms with Gasteiger partial charge in [0.25, 0.3) is 15.9 Å². The molecule has 0 saturated carbocycles.